The van der Waals surface area contributed by atoms with Crippen molar-refractivity contribution in [1.82, 2.24) is 5.48 Å². The van der Waals surface area contributed by atoms with E-state index in [2.05, 4.69) is 10.3 Å². The Balaban J connectivity index is 2.33. The molecule has 0 saturated heterocycles. The van der Waals surface area contributed by atoms with Crippen LogP contribution in [0.2, 0.25) is 0 Å². The van der Waals surface area contributed by atoms with Crippen molar-refractivity contribution in [1.29, 1.82) is 0 Å². The van der Waals surface area contributed by atoms with E-state index in [1.807, 2.05) is 0 Å². The summed E-state index contributed by atoms with van der Waals surface area (Å²) in [4.78, 5) is 4.18. The summed E-state index contributed by atoms with van der Waals surface area (Å²) in [5, 5.41) is 9.65. The number of halogens is 3. The van der Waals surface area contributed by atoms with Crippen molar-refractivity contribution >= 4 is 0 Å². The third-order valence-corrected chi connectivity index (χ3v) is 2.12. The molecule has 0 aliphatic heterocycles. The molecule has 1 aromatic carbocycles. The zero-order valence-electron chi connectivity index (χ0n) is 9.70. The average molecular weight is 265 g/mol. The van der Waals surface area contributed by atoms with E-state index in [1.165, 1.54) is 7.11 Å². The van der Waals surface area contributed by atoms with E-state index in [0.717, 1.165) is 0 Å². The fourth-order valence-electron chi connectivity index (χ4n) is 1.21. The van der Waals surface area contributed by atoms with Crippen molar-refractivity contribution in [3.8, 4) is 5.75 Å². The summed E-state index contributed by atoms with van der Waals surface area (Å²) in [5.41, 5.74) is 2.62. The molecule has 1 rings (SSSR count). The summed E-state index contributed by atoms with van der Waals surface area (Å²) < 4.78 is 40.2. The number of aliphatic hydroxyl groups is 1. The van der Waals surface area contributed by atoms with Gasteiger partial charge in [-0.3, -0.25) is 4.84 Å². The van der Waals surface area contributed by atoms with E-state index in [9.17, 15) is 18.3 Å². The third-order valence-electron chi connectivity index (χ3n) is 2.12. The van der Waals surface area contributed by atoms with Gasteiger partial charge in [0.15, 0.2) is 6.61 Å². The zero-order chi connectivity index (χ0) is 13.6. The minimum atomic E-state index is -4.39. The molecule has 0 aliphatic carbocycles. The normalized spacial score (nSPS) is 13.4. The van der Waals surface area contributed by atoms with Gasteiger partial charge >= 0.3 is 6.18 Å². The van der Waals surface area contributed by atoms with Crippen molar-refractivity contribution in [3.63, 3.8) is 0 Å². The maximum absolute atomic E-state index is 11.7. The molecule has 1 unspecified atom stereocenters. The van der Waals surface area contributed by atoms with Gasteiger partial charge in [0.25, 0.3) is 0 Å². The van der Waals surface area contributed by atoms with Crippen molar-refractivity contribution in [2.45, 2.75) is 12.3 Å². The summed E-state index contributed by atoms with van der Waals surface area (Å²) in [6.07, 6.45) is -5.35. The maximum Gasteiger partial charge on any atom is 0.413 e. The second kappa shape index (κ2) is 6.58. The lowest BCUT2D eigenvalue weighted by molar-refractivity contribution is -0.191. The second-order valence-electron chi connectivity index (χ2n) is 3.54. The molecule has 0 saturated carbocycles. The number of benzene rings is 1. The van der Waals surface area contributed by atoms with E-state index < -0.39 is 18.9 Å². The van der Waals surface area contributed by atoms with Crippen LogP contribution in [0, 0.1) is 0 Å². The number of aliphatic hydroxyl groups excluding tert-OH is 1. The molecule has 0 fully saturated rings. The maximum atomic E-state index is 11.7. The molecule has 0 heterocycles. The van der Waals surface area contributed by atoms with Gasteiger partial charge in [-0.15, -0.1) is 0 Å². The molecule has 0 aliphatic rings. The standard InChI is InChI=1S/C11H14F3NO3/c1-17-9-4-2-8(3-5-9)10(16)6-15-18-7-11(12,13)14/h2-5,10,15-16H,6-7H2,1H3. The molecule has 0 spiro atoms. The van der Waals surface area contributed by atoms with Crippen LogP contribution in [-0.4, -0.2) is 31.5 Å². The van der Waals surface area contributed by atoms with Crippen LogP contribution in [0.3, 0.4) is 0 Å². The van der Waals surface area contributed by atoms with Gasteiger partial charge < -0.3 is 9.84 Å². The molecule has 2 N–H and O–H groups in total. The van der Waals surface area contributed by atoms with E-state index >= 15 is 0 Å². The molecule has 18 heavy (non-hydrogen) atoms. The molecular weight excluding hydrogens is 251 g/mol. The van der Waals surface area contributed by atoms with Gasteiger partial charge in [0.2, 0.25) is 0 Å². The lowest BCUT2D eigenvalue weighted by Gasteiger charge is -2.13. The van der Waals surface area contributed by atoms with Crippen LogP contribution in [0.15, 0.2) is 24.3 Å². The Morgan fingerprint density at radius 1 is 1.28 bits per heavy atom. The Labute approximate surface area is 102 Å². The molecule has 7 heteroatoms. The second-order valence-corrected chi connectivity index (χ2v) is 3.54. The van der Waals surface area contributed by atoms with Gasteiger partial charge in [0.05, 0.1) is 19.8 Å². The number of hydroxylamine groups is 1. The van der Waals surface area contributed by atoms with E-state index in [4.69, 9.17) is 4.74 Å². The average Bonchev–Trinajstić information content (AvgIpc) is 2.33. The largest absolute Gasteiger partial charge is 0.497 e. The predicted octanol–water partition coefficient (Wildman–Crippen LogP) is 1.81. The highest BCUT2D eigenvalue weighted by Gasteiger charge is 2.27. The molecule has 1 aromatic rings. The molecule has 0 radical (unpaired) electrons. The Hall–Kier alpha value is -1.31. The van der Waals surface area contributed by atoms with Crippen LogP contribution in [-0.2, 0) is 4.84 Å². The SMILES string of the molecule is COc1ccc(C(O)CNOCC(F)(F)F)cc1. The van der Waals surface area contributed by atoms with E-state index in [-0.39, 0.29) is 6.54 Å². The Morgan fingerprint density at radius 2 is 1.89 bits per heavy atom. The topological polar surface area (TPSA) is 50.7 Å². The third kappa shape index (κ3) is 5.35. The zero-order valence-corrected chi connectivity index (χ0v) is 9.70. The molecule has 0 bridgehead atoms. The van der Waals surface area contributed by atoms with Crippen LogP contribution >= 0.6 is 0 Å². The highest BCUT2D eigenvalue weighted by atomic mass is 19.4. The predicted molar refractivity (Wildman–Crippen MR) is 58.0 cm³/mol. The highest BCUT2D eigenvalue weighted by molar-refractivity contribution is 5.28. The van der Waals surface area contributed by atoms with Crippen LogP contribution in [0.25, 0.3) is 0 Å². The number of rotatable bonds is 6. The number of hydrogen-bond acceptors (Lipinski definition) is 4. The van der Waals surface area contributed by atoms with Gasteiger partial charge in [0.1, 0.15) is 5.75 Å². The van der Waals surface area contributed by atoms with Crippen molar-refractivity contribution < 1.29 is 27.9 Å². The first-order chi connectivity index (χ1) is 8.42. The lowest BCUT2D eigenvalue weighted by Crippen LogP contribution is -2.28. The van der Waals surface area contributed by atoms with Gasteiger partial charge in [0, 0.05) is 0 Å². The highest BCUT2D eigenvalue weighted by Crippen LogP contribution is 2.17. The fraction of sp³-hybridized carbons (Fsp3) is 0.455. The van der Waals surface area contributed by atoms with Gasteiger partial charge in [-0.2, -0.15) is 18.7 Å². The van der Waals surface area contributed by atoms with Crippen molar-refractivity contribution in [2.75, 3.05) is 20.3 Å². The van der Waals surface area contributed by atoms with E-state index in [0.29, 0.717) is 11.3 Å². The van der Waals surface area contributed by atoms with Gasteiger partial charge in [-0.1, -0.05) is 12.1 Å². The quantitative estimate of drug-likeness (QED) is 0.608. The Morgan fingerprint density at radius 3 is 2.39 bits per heavy atom. The van der Waals surface area contributed by atoms with Gasteiger partial charge in [-0.25, -0.2) is 0 Å². The Bertz CT molecular complexity index is 354. The first-order valence-corrected chi connectivity index (χ1v) is 5.16. The summed E-state index contributed by atoms with van der Waals surface area (Å²) in [5.74, 6) is 0.632. The van der Waals surface area contributed by atoms with Crippen LogP contribution in [0.4, 0.5) is 13.2 Å². The number of ether oxygens (including phenoxy) is 1. The molecule has 102 valence electrons. The first-order valence-electron chi connectivity index (χ1n) is 5.16. The minimum Gasteiger partial charge on any atom is -0.497 e. The summed E-state index contributed by atoms with van der Waals surface area (Å²) in [7, 11) is 1.51. The van der Waals surface area contributed by atoms with Crippen LogP contribution in [0.1, 0.15) is 11.7 Å². The summed E-state index contributed by atoms with van der Waals surface area (Å²) in [6, 6.07) is 6.54. The number of nitrogens with one attached hydrogen (secondary N) is 1. The summed E-state index contributed by atoms with van der Waals surface area (Å²) >= 11 is 0. The first kappa shape index (κ1) is 14.7. The van der Waals surface area contributed by atoms with Crippen molar-refractivity contribution in [2.24, 2.45) is 0 Å². The fourth-order valence-corrected chi connectivity index (χ4v) is 1.21. The monoisotopic (exact) mass is 265 g/mol. The number of hydrogen-bond donors (Lipinski definition) is 2. The number of methoxy groups -OCH3 is 1. The molecular formula is C11H14F3NO3. The van der Waals surface area contributed by atoms with Crippen molar-refractivity contribution in [3.05, 3.63) is 29.8 Å². The van der Waals surface area contributed by atoms with Crippen LogP contribution < -0.4 is 10.2 Å². The molecule has 4 nitrogen and oxygen atoms in total. The Kier molecular flexibility index (Phi) is 5.39. The summed E-state index contributed by atoms with van der Waals surface area (Å²) in [6.45, 7) is -1.54. The number of alkyl halides is 3. The smallest absolute Gasteiger partial charge is 0.413 e. The molecule has 0 amide bonds. The van der Waals surface area contributed by atoms with E-state index in [1.54, 1.807) is 24.3 Å². The minimum absolute atomic E-state index is 0.136. The van der Waals surface area contributed by atoms with Crippen LogP contribution in [0.5, 0.6) is 5.75 Å². The molecule has 1 atom stereocenters. The lowest BCUT2D eigenvalue weighted by atomic mass is 10.1. The molecule has 0 aromatic heterocycles. The van der Waals surface area contributed by atoms with Gasteiger partial charge in [-0.05, 0) is 17.7 Å².